The molecule has 2 amide bonds. The highest BCUT2D eigenvalue weighted by Gasteiger charge is 2.07. The van der Waals surface area contributed by atoms with Gasteiger partial charge in [-0.15, -0.1) is 0 Å². The summed E-state index contributed by atoms with van der Waals surface area (Å²) in [6.07, 6.45) is 1.54. The zero-order valence-corrected chi connectivity index (χ0v) is 9.72. The number of rotatable bonds is 4. The van der Waals surface area contributed by atoms with Gasteiger partial charge in [-0.3, -0.25) is 4.79 Å². The number of hydrogen-bond donors (Lipinski definition) is 2. The second-order valence-electron chi connectivity index (χ2n) is 2.95. The van der Waals surface area contributed by atoms with E-state index in [1.165, 1.54) is 13.3 Å². The molecule has 0 heterocycles. The average Bonchev–Trinajstić information content (AvgIpc) is 2.30. The molecule has 0 saturated heterocycles. The Morgan fingerprint density at radius 1 is 1.47 bits per heavy atom. The van der Waals surface area contributed by atoms with Crippen LogP contribution in [0, 0.1) is 11.3 Å². The van der Waals surface area contributed by atoms with E-state index >= 15 is 0 Å². The Balaban J connectivity index is 4.27. The normalized spacial score (nSPS) is 10.6. The summed E-state index contributed by atoms with van der Waals surface area (Å²) in [6.45, 7) is 0. The van der Waals surface area contributed by atoms with Crippen LogP contribution >= 0.6 is 0 Å². The van der Waals surface area contributed by atoms with Crippen LogP contribution in [0.3, 0.4) is 0 Å². The van der Waals surface area contributed by atoms with Gasteiger partial charge in [-0.05, 0) is 0 Å². The van der Waals surface area contributed by atoms with E-state index in [2.05, 4.69) is 15.2 Å². The smallest absolute Gasteiger partial charge is 0.427 e. The minimum atomic E-state index is -0.764. The summed E-state index contributed by atoms with van der Waals surface area (Å²) in [5.74, 6) is -0.628. The first-order valence-electron chi connectivity index (χ1n) is 4.46. The first kappa shape index (κ1) is 14.4. The zero-order valence-electron chi connectivity index (χ0n) is 9.72. The fraction of sp³-hybridized carbons (Fsp3) is 0.333. The lowest BCUT2D eigenvalue weighted by Crippen LogP contribution is -2.26. The molecule has 2 N–H and O–H groups in total. The molecule has 0 spiro atoms. The molecule has 0 aliphatic carbocycles. The maximum atomic E-state index is 11.4. The molecule has 0 aliphatic rings. The summed E-state index contributed by atoms with van der Waals surface area (Å²) in [4.78, 5) is 23.5. The minimum Gasteiger partial charge on any atom is -0.452 e. The summed E-state index contributed by atoms with van der Waals surface area (Å²) in [5.41, 5.74) is 1.88. The third-order valence-corrected chi connectivity index (χ3v) is 1.35. The van der Waals surface area contributed by atoms with Crippen LogP contribution in [0.1, 0.15) is 0 Å². The third kappa shape index (κ3) is 6.51. The summed E-state index contributed by atoms with van der Waals surface area (Å²) in [7, 11) is 4.53. The van der Waals surface area contributed by atoms with Gasteiger partial charge in [-0.25, -0.2) is 10.2 Å². The van der Waals surface area contributed by atoms with Gasteiger partial charge in [-0.1, -0.05) is 0 Å². The van der Waals surface area contributed by atoms with Crippen molar-refractivity contribution >= 4 is 18.3 Å². The quantitative estimate of drug-likeness (QED) is 0.223. The maximum absolute atomic E-state index is 11.4. The minimum absolute atomic E-state index is 0.0838. The summed E-state index contributed by atoms with van der Waals surface area (Å²) in [5, 5.41) is 14.2. The number of nitrogens with one attached hydrogen (secondary N) is 2. The number of hydrazone groups is 1. The zero-order chi connectivity index (χ0) is 13.3. The van der Waals surface area contributed by atoms with Gasteiger partial charge in [0.05, 0.1) is 7.11 Å². The number of carbonyl (C=O) groups is 2. The molecular formula is C9H13N5O3. The Kier molecular flexibility index (Phi) is 6.54. The first-order chi connectivity index (χ1) is 8.01. The number of nitriles is 1. The van der Waals surface area contributed by atoms with E-state index in [4.69, 9.17) is 5.26 Å². The van der Waals surface area contributed by atoms with Crippen molar-refractivity contribution in [3.8, 4) is 6.07 Å². The second-order valence-corrected chi connectivity index (χ2v) is 2.95. The summed E-state index contributed by atoms with van der Waals surface area (Å²) in [6, 6.07) is 1.73. The SMILES string of the molecule is COC(=O)NN=CNC(=O)C(C#N)=CN(C)C. The molecule has 0 aromatic rings. The lowest BCUT2D eigenvalue weighted by Gasteiger charge is -2.05. The Bertz CT molecular complexity index is 381. The van der Waals surface area contributed by atoms with Gasteiger partial charge < -0.3 is 15.0 Å². The van der Waals surface area contributed by atoms with Crippen molar-refractivity contribution in [1.82, 2.24) is 15.6 Å². The number of hydrogen-bond acceptors (Lipinski definition) is 6. The molecule has 0 aliphatic heterocycles. The van der Waals surface area contributed by atoms with Gasteiger partial charge >= 0.3 is 6.09 Å². The predicted octanol–water partition coefficient (Wildman–Crippen LogP) is -0.629. The molecule has 92 valence electrons. The van der Waals surface area contributed by atoms with Crippen LogP contribution in [0.2, 0.25) is 0 Å². The van der Waals surface area contributed by atoms with Crippen LogP contribution in [-0.4, -0.2) is 44.4 Å². The van der Waals surface area contributed by atoms with E-state index < -0.39 is 12.0 Å². The molecule has 0 radical (unpaired) electrons. The molecule has 0 saturated carbocycles. The summed E-state index contributed by atoms with van der Waals surface area (Å²) < 4.78 is 4.23. The van der Waals surface area contributed by atoms with Crippen molar-refractivity contribution in [2.24, 2.45) is 5.10 Å². The number of amides is 2. The highest BCUT2D eigenvalue weighted by Crippen LogP contribution is 1.92. The van der Waals surface area contributed by atoms with Gasteiger partial charge in [0, 0.05) is 20.3 Å². The monoisotopic (exact) mass is 239 g/mol. The van der Waals surface area contributed by atoms with Crippen molar-refractivity contribution in [3.05, 3.63) is 11.8 Å². The van der Waals surface area contributed by atoms with Crippen LogP contribution in [-0.2, 0) is 9.53 Å². The van der Waals surface area contributed by atoms with Gasteiger partial charge in [0.1, 0.15) is 18.0 Å². The van der Waals surface area contributed by atoms with Gasteiger partial charge in [0.25, 0.3) is 5.91 Å². The van der Waals surface area contributed by atoms with Crippen LogP contribution < -0.4 is 10.7 Å². The van der Waals surface area contributed by atoms with Crippen LogP contribution in [0.4, 0.5) is 4.79 Å². The molecule has 0 rings (SSSR count). The van der Waals surface area contributed by atoms with Crippen LogP contribution in [0.15, 0.2) is 16.9 Å². The standard InChI is InChI=1S/C9H13N5O3/c1-14(2)5-7(4-10)8(15)11-6-12-13-9(16)17-3/h5-6H,1-3H3,(H,13,16)(H,11,12,15). The van der Waals surface area contributed by atoms with Crippen molar-refractivity contribution in [2.75, 3.05) is 21.2 Å². The Labute approximate surface area is 98.5 Å². The van der Waals surface area contributed by atoms with Crippen molar-refractivity contribution < 1.29 is 14.3 Å². The lowest BCUT2D eigenvalue weighted by atomic mass is 10.3. The molecular weight excluding hydrogens is 226 g/mol. The van der Waals surface area contributed by atoms with Gasteiger partial charge in [-0.2, -0.15) is 10.4 Å². The Hall–Kier alpha value is -2.56. The Morgan fingerprint density at radius 3 is 2.59 bits per heavy atom. The maximum Gasteiger partial charge on any atom is 0.427 e. The predicted molar refractivity (Wildman–Crippen MR) is 59.6 cm³/mol. The lowest BCUT2D eigenvalue weighted by molar-refractivity contribution is -0.115. The second kappa shape index (κ2) is 7.70. The van der Waals surface area contributed by atoms with Crippen molar-refractivity contribution in [1.29, 1.82) is 5.26 Å². The highest BCUT2D eigenvalue weighted by atomic mass is 16.5. The van der Waals surface area contributed by atoms with Crippen LogP contribution in [0.25, 0.3) is 0 Å². The Morgan fingerprint density at radius 2 is 2.12 bits per heavy atom. The highest BCUT2D eigenvalue weighted by molar-refractivity contribution is 6.02. The molecule has 0 aromatic heterocycles. The number of methoxy groups -OCH3 is 1. The molecule has 8 heteroatoms. The van der Waals surface area contributed by atoms with Crippen LogP contribution in [0.5, 0.6) is 0 Å². The fourth-order valence-electron chi connectivity index (χ4n) is 0.696. The van der Waals surface area contributed by atoms with Crippen molar-refractivity contribution in [2.45, 2.75) is 0 Å². The molecule has 0 unspecified atom stereocenters. The largest absolute Gasteiger partial charge is 0.452 e. The topological polar surface area (TPSA) is 107 Å². The summed E-state index contributed by atoms with van der Waals surface area (Å²) >= 11 is 0. The number of carbonyl (C=O) groups excluding carboxylic acids is 2. The van der Waals surface area contributed by atoms with E-state index in [9.17, 15) is 9.59 Å². The van der Waals surface area contributed by atoms with Gasteiger partial charge in [0.2, 0.25) is 0 Å². The molecule has 0 atom stereocenters. The molecule has 17 heavy (non-hydrogen) atoms. The number of nitrogens with zero attached hydrogens (tertiary/aromatic N) is 3. The van der Waals surface area contributed by atoms with Gasteiger partial charge in [0.15, 0.2) is 0 Å². The first-order valence-corrected chi connectivity index (χ1v) is 4.46. The van der Waals surface area contributed by atoms with E-state index in [1.807, 2.05) is 5.43 Å². The average molecular weight is 239 g/mol. The van der Waals surface area contributed by atoms with Crippen molar-refractivity contribution in [3.63, 3.8) is 0 Å². The fourth-order valence-corrected chi connectivity index (χ4v) is 0.696. The third-order valence-electron chi connectivity index (χ3n) is 1.35. The van der Waals surface area contributed by atoms with E-state index in [-0.39, 0.29) is 5.57 Å². The van der Waals surface area contributed by atoms with E-state index in [1.54, 1.807) is 25.1 Å². The molecule has 0 bridgehead atoms. The van der Waals surface area contributed by atoms with E-state index in [0.717, 1.165) is 6.34 Å². The molecule has 0 fully saturated rings. The van der Waals surface area contributed by atoms with E-state index in [0.29, 0.717) is 0 Å². The molecule has 8 nitrogen and oxygen atoms in total. The number of ether oxygens (including phenoxy) is 1. The molecule has 0 aromatic carbocycles.